The Kier molecular flexibility index (Phi) is 3.83. The Balaban J connectivity index is 1.37. The monoisotopic (exact) mass is 386 g/mol. The molecule has 0 radical (unpaired) electrons. The fourth-order valence-electron chi connectivity index (χ4n) is 4.39. The second-order valence-corrected chi connectivity index (χ2v) is 9.30. The van der Waals surface area contributed by atoms with Gasteiger partial charge in [-0.3, -0.25) is 4.68 Å². The van der Waals surface area contributed by atoms with Gasteiger partial charge < -0.3 is 4.98 Å². The van der Waals surface area contributed by atoms with Crippen LogP contribution in [-0.2, 0) is 23.0 Å². The number of H-pyrrole nitrogens is 1. The lowest BCUT2D eigenvalue weighted by Gasteiger charge is -2.31. The van der Waals surface area contributed by atoms with Gasteiger partial charge in [0.05, 0.1) is 23.7 Å². The first-order valence-electron chi connectivity index (χ1n) is 9.39. The Morgan fingerprint density at radius 3 is 2.85 bits per heavy atom. The van der Waals surface area contributed by atoms with Gasteiger partial charge in [-0.25, -0.2) is 18.4 Å². The van der Waals surface area contributed by atoms with Crippen LogP contribution >= 0.6 is 0 Å². The second-order valence-electron chi connectivity index (χ2n) is 7.40. The SMILES string of the molecule is Cc1nc2nc[nH]c2cc1C1CCN(S(=O)(=O)c2cnn3c2CCC3)CC1. The third-order valence-corrected chi connectivity index (χ3v) is 7.79. The fourth-order valence-corrected chi connectivity index (χ4v) is 6.04. The number of aromatic amines is 1. The molecular weight excluding hydrogens is 364 g/mol. The van der Waals surface area contributed by atoms with Gasteiger partial charge in [0.15, 0.2) is 5.65 Å². The van der Waals surface area contributed by atoms with Crippen molar-refractivity contribution in [2.24, 2.45) is 0 Å². The predicted molar refractivity (Wildman–Crippen MR) is 99.9 cm³/mol. The van der Waals surface area contributed by atoms with Crippen molar-refractivity contribution in [3.8, 4) is 0 Å². The Morgan fingerprint density at radius 1 is 1.22 bits per heavy atom. The van der Waals surface area contributed by atoms with E-state index in [1.54, 1.807) is 10.6 Å². The molecule has 1 N–H and O–H groups in total. The second kappa shape index (κ2) is 6.13. The molecule has 27 heavy (non-hydrogen) atoms. The molecule has 2 aliphatic rings. The summed E-state index contributed by atoms with van der Waals surface area (Å²) >= 11 is 0. The number of imidazole rings is 1. The third-order valence-electron chi connectivity index (χ3n) is 5.84. The maximum atomic E-state index is 13.1. The van der Waals surface area contributed by atoms with Crippen LogP contribution in [0.15, 0.2) is 23.5 Å². The lowest BCUT2D eigenvalue weighted by molar-refractivity contribution is 0.318. The minimum absolute atomic E-state index is 0.314. The van der Waals surface area contributed by atoms with Crippen LogP contribution in [0.3, 0.4) is 0 Å². The van der Waals surface area contributed by atoms with E-state index in [1.165, 1.54) is 11.8 Å². The van der Waals surface area contributed by atoms with Crippen molar-refractivity contribution in [1.29, 1.82) is 0 Å². The predicted octanol–water partition coefficient (Wildman–Crippen LogP) is 1.98. The van der Waals surface area contributed by atoms with E-state index in [4.69, 9.17) is 0 Å². The average molecular weight is 386 g/mol. The van der Waals surface area contributed by atoms with Crippen molar-refractivity contribution in [2.75, 3.05) is 13.1 Å². The lowest BCUT2D eigenvalue weighted by atomic mass is 9.89. The third kappa shape index (κ3) is 2.68. The molecule has 3 aromatic heterocycles. The summed E-state index contributed by atoms with van der Waals surface area (Å²) in [6.45, 7) is 3.87. The number of pyridine rings is 1. The molecule has 0 aromatic carbocycles. The molecule has 2 aliphatic heterocycles. The van der Waals surface area contributed by atoms with Gasteiger partial charge in [0, 0.05) is 25.3 Å². The Morgan fingerprint density at radius 2 is 2.04 bits per heavy atom. The molecule has 0 saturated carbocycles. The van der Waals surface area contributed by atoms with Crippen molar-refractivity contribution >= 4 is 21.2 Å². The van der Waals surface area contributed by atoms with Gasteiger partial charge in [0.2, 0.25) is 10.0 Å². The molecule has 142 valence electrons. The van der Waals surface area contributed by atoms with E-state index in [2.05, 4.69) is 26.1 Å². The van der Waals surface area contributed by atoms with Crippen LogP contribution in [0.4, 0.5) is 0 Å². The largest absolute Gasteiger partial charge is 0.343 e. The summed E-state index contributed by atoms with van der Waals surface area (Å²) in [5.41, 5.74) is 4.69. The van der Waals surface area contributed by atoms with Gasteiger partial charge in [-0.15, -0.1) is 0 Å². The van der Waals surface area contributed by atoms with Crippen LogP contribution < -0.4 is 0 Å². The van der Waals surface area contributed by atoms with E-state index in [-0.39, 0.29) is 0 Å². The van der Waals surface area contributed by atoms with Crippen molar-refractivity contribution in [2.45, 2.75) is 50.0 Å². The molecule has 8 nitrogen and oxygen atoms in total. The number of sulfonamides is 1. The fraction of sp³-hybridized carbons (Fsp3) is 0.500. The summed E-state index contributed by atoms with van der Waals surface area (Å²) in [6, 6.07) is 2.12. The zero-order valence-corrected chi connectivity index (χ0v) is 16.0. The van der Waals surface area contributed by atoms with E-state index in [0.717, 1.165) is 54.8 Å². The van der Waals surface area contributed by atoms with Crippen LogP contribution in [0, 0.1) is 6.92 Å². The molecule has 3 aromatic rings. The highest BCUT2D eigenvalue weighted by Gasteiger charge is 2.34. The van der Waals surface area contributed by atoms with Crippen LogP contribution in [0.5, 0.6) is 0 Å². The number of aryl methyl sites for hydroxylation is 2. The van der Waals surface area contributed by atoms with Crippen LogP contribution in [0.25, 0.3) is 11.2 Å². The van der Waals surface area contributed by atoms with E-state index < -0.39 is 10.0 Å². The van der Waals surface area contributed by atoms with E-state index >= 15 is 0 Å². The minimum atomic E-state index is -3.47. The van der Waals surface area contributed by atoms with Crippen LogP contribution in [0.2, 0.25) is 0 Å². The van der Waals surface area contributed by atoms with E-state index in [0.29, 0.717) is 23.9 Å². The number of fused-ring (bicyclic) bond motifs is 2. The van der Waals surface area contributed by atoms with Gasteiger partial charge in [0.25, 0.3) is 0 Å². The number of hydrogen-bond donors (Lipinski definition) is 1. The van der Waals surface area contributed by atoms with Crippen LogP contribution in [-0.4, -0.2) is 50.5 Å². The van der Waals surface area contributed by atoms with Crippen molar-refractivity contribution in [3.63, 3.8) is 0 Å². The molecule has 0 bridgehead atoms. The smallest absolute Gasteiger partial charge is 0.246 e. The quantitative estimate of drug-likeness (QED) is 0.742. The Bertz CT molecular complexity index is 1110. The van der Waals surface area contributed by atoms with E-state index in [9.17, 15) is 8.42 Å². The normalized spacial score (nSPS) is 19.0. The Labute approximate surface area is 157 Å². The molecule has 0 unspecified atom stereocenters. The van der Waals surface area contributed by atoms with Crippen molar-refractivity contribution in [3.05, 3.63) is 35.5 Å². The maximum absolute atomic E-state index is 13.1. The molecule has 5 heterocycles. The maximum Gasteiger partial charge on any atom is 0.246 e. The summed E-state index contributed by atoms with van der Waals surface area (Å²) < 4.78 is 29.7. The zero-order chi connectivity index (χ0) is 18.6. The average Bonchev–Trinajstić information content (AvgIpc) is 3.37. The molecule has 1 fully saturated rings. The van der Waals surface area contributed by atoms with Gasteiger partial charge in [-0.1, -0.05) is 0 Å². The highest BCUT2D eigenvalue weighted by atomic mass is 32.2. The lowest BCUT2D eigenvalue weighted by Crippen LogP contribution is -2.38. The van der Waals surface area contributed by atoms with Crippen LogP contribution in [0.1, 0.15) is 42.1 Å². The molecule has 0 amide bonds. The zero-order valence-electron chi connectivity index (χ0n) is 15.2. The highest BCUT2D eigenvalue weighted by molar-refractivity contribution is 7.89. The molecule has 0 spiro atoms. The molecule has 1 saturated heterocycles. The van der Waals surface area contributed by atoms with Gasteiger partial charge in [-0.2, -0.15) is 9.40 Å². The number of nitrogens with one attached hydrogen (secondary N) is 1. The summed E-state index contributed by atoms with van der Waals surface area (Å²) in [7, 11) is -3.47. The first-order chi connectivity index (χ1) is 13.0. The summed E-state index contributed by atoms with van der Waals surface area (Å²) in [5.74, 6) is 0.314. The van der Waals surface area contributed by atoms with E-state index in [1.807, 2.05) is 11.6 Å². The number of rotatable bonds is 3. The number of nitrogens with zero attached hydrogens (tertiary/aromatic N) is 5. The molecule has 0 atom stereocenters. The molecule has 9 heteroatoms. The molecule has 5 rings (SSSR count). The standard InChI is InChI=1S/C18H22N6O2S/c1-12-14(9-15-18(22-12)20-11-19-15)13-4-7-23(8-5-13)27(25,26)17-10-21-24-6-2-3-16(17)24/h9-11,13H,2-8H2,1H3,(H,19,20,22). The molecular formula is C18H22N6O2S. The topological polar surface area (TPSA) is 96.8 Å². The van der Waals surface area contributed by atoms with Gasteiger partial charge >= 0.3 is 0 Å². The van der Waals surface area contributed by atoms with Gasteiger partial charge in [-0.05, 0) is 50.2 Å². The van der Waals surface area contributed by atoms with Gasteiger partial charge in [0.1, 0.15) is 4.90 Å². The summed E-state index contributed by atoms with van der Waals surface area (Å²) in [5, 5.41) is 4.25. The Hall–Kier alpha value is -2.26. The highest BCUT2D eigenvalue weighted by Crippen LogP contribution is 2.34. The minimum Gasteiger partial charge on any atom is -0.343 e. The number of piperidine rings is 1. The summed E-state index contributed by atoms with van der Waals surface area (Å²) in [4.78, 5) is 12.3. The number of aromatic nitrogens is 5. The first-order valence-corrected chi connectivity index (χ1v) is 10.8. The molecule has 0 aliphatic carbocycles. The van der Waals surface area contributed by atoms with Crippen molar-refractivity contribution < 1.29 is 8.42 Å². The summed E-state index contributed by atoms with van der Waals surface area (Å²) in [6.07, 6.45) is 6.53. The number of hydrogen-bond acceptors (Lipinski definition) is 5. The van der Waals surface area contributed by atoms with Crippen molar-refractivity contribution in [1.82, 2.24) is 29.0 Å². The first kappa shape index (κ1) is 16.9.